The predicted molar refractivity (Wildman–Crippen MR) is 67.4 cm³/mol. The Balaban J connectivity index is 2.62. The fourth-order valence-corrected chi connectivity index (χ4v) is 1.83. The van der Waals surface area contributed by atoms with Crippen LogP contribution in [0.15, 0.2) is 18.2 Å². The molecule has 0 spiro atoms. The molecule has 0 fully saturated rings. The second kappa shape index (κ2) is 6.87. The first-order valence-electron chi connectivity index (χ1n) is 5.70. The van der Waals surface area contributed by atoms with E-state index in [1.165, 1.54) is 11.6 Å². The summed E-state index contributed by atoms with van der Waals surface area (Å²) in [5.74, 6) is 0.531. The molecule has 0 aliphatic rings. The number of aryl methyl sites for hydroxylation is 1. The first kappa shape index (κ1) is 13.5. The van der Waals surface area contributed by atoms with Crippen molar-refractivity contribution in [2.75, 3.05) is 19.0 Å². The van der Waals surface area contributed by atoms with Gasteiger partial charge in [-0.1, -0.05) is 13.0 Å². The molecule has 0 atom stereocenters. The van der Waals surface area contributed by atoms with E-state index in [9.17, 15) is 4.39 Å². The molecule has 3 heteroatoms. The summed E-state index contributed by atoms with van der Waals surface area (Å²) in [6, 6.07) is 4.98. The Hall–Kier alpha value is -0.600. The van der Waals surface area contributed by atoms with Gasteiger partial charge in [-0.05, 0) is 49.7 Å². The Kier molecular flexibility index (Phi) is 5.78. The third kappa shape index (κ3) is 4.11. The molecular weight excluding hydrogens is 225 g/mol. The van der Waals surface area contributed by atoms with Gasteiger partial charge in [-0.2, -0.15) is 0 Å². The smallest absolute Gasteiger partial charge is 0.123 e. The number of halogens is 2. The number of rotatable bonds is 6. The van der Waals surface area contributed by atoms with Crippen molar-refractivity contribution in [2.24, 2.45) is 0 Å². The molecule has 0 heterocycles. The molecule has 1 nitrogen and oxygen atoms in total. The van der Waals surface area contributed by atoms with Crippen LogP contribution >= 0.6 is 11.6 Å². The normalized spacial score (nSPS) is 11.1. The van der Waals surface area contributed by atoms with Crippen LogP contribution in [0.1, 0.15) is 24.5 Å². The average molecular weight is 244 g/mol. The lowest BCUT2D eigenvalue weighted by Gasteiger charge is -2.21. The minimum absolute atomic E-state index is 0.162. The lowest BCUT2D eigenvalue weighted by molar-refractivity contribution is 0.280. The summed E-state index contributed by atoms with van der Waals surface area (Å²) < 4.78 is 12.9. The van der Waals surface area contributed by atoms with Crippen LogP contribution in [-0.4, -0.2) is 23.9 Å². The van der Waals surface area contributed by atoms with Gasteiger partial charge < -0.3 is 0 Å². The van der Waals surface area contributed by atoms with Gasteiger partial charge in [-0.15, -0.1) is 11.6 Å². The van der Waals surface area contributed by atoms with Gasteiger partial charge in [-0.25, -0.2) is 4.39 Å². The highest BCUT2D eigenvalue weighted by Crippen LogP contribution is 2.13. The predicted octanol–water partition coefficient (Wildman–Crippen LogP) is 3.58. The third-order valence-corrected chi connectivity index (χ3v) is 3.02. The van der Waals surface area contributed by atoms with Gasteiger partial charge in [0, 0.05) is 12.4 Å². The molecule has 90 valence electrons. The van der Waals surface area contributed by atoms with E-state index in [2.05, 4.69) is 11.8 Å². The van der Waals surface area contributed by atoms with Gasteiger partial charge in [-0.3, -0.25) is 4.90 Å². The Morgan fingerprint density at radius 1 is 1.38 bits per heavy atom. The number of nitrogens with zero attached hydrogens (tertiary/aromatic N) is 1. The first-order valence-corrected chi connectivity index (χ1v) is 6.24. The highest BCUT2D eigenvalue weighted by Gasteiger charge is 2.06. The molecule has 0 aromatic heterocycles. The van der Waals surface area contributed by atoms with E-state index >= 15 is 0 Å². The Morgan fingerprint density at radius 2 is 2.12 bits per heavy atom. The van der Waals surface area contributed by atoms with Crippen LogP contribution in [0.3, 0.4) is 0 Å². The quantitative estimate of drug-likeness (QED) is 0.691. The molecule has 0 radical (unpaired) electrons. The molecule has 0 saturated carbocycles. The summed E-state index contributed by atoms with van der Waals surface area (Å²) in [5, 5.41) is 0. The molecular formula is C13H19ClFN. The Labute approximate surface area is 102 Å². The van der Waals surface area contributed by atoms with Gasteiger partial charge in [0.2, 0.25) is 0 Å². The second-order valence-corrected chi connectivity index (χ2v) is 4.36. The van der Waals surface area contributed by atoms with Crippen molar-refractivity contribution in [3.05, 3.63) is 35.1 Å². The second-order valence-electron chi connectivity index (χ2n) is 3.98. The van der Waals surface area contributed by atoms with E-state index in [1.54, 1.807) is 6.07 Å². The molecule has 1 rings (SSSR count). The number of hydrogen-bond donors (Lipinski definition) is 0. The van der Waals surface area contributed by atoms with Crippen LogP contribution in [0.2, 0.25) is 0 Å². The zero-order valence-electron chi connectivity index (χ0n) is 9.97. The van der Waals surface area contributed by atoms with Gasteiger partial charge in [0.1, 0.15) is 5.82 Å². The van der Waals surface area contributed by atoms with Crippen LogP contribution < -0.4 is 0 Å². The maximum Gasteiger partial charge on any atom is 0.123 e. The molecule has 0 aliphatic carbocycles. The zero-order valence-corrected chi connectivity index (χ0v) is 10.7. The Morgan fingerprint density at radius 3 is 2.69 bits per heavy atom. The highest BCUT2D eigenvalue weighted by molar-refractivity contribution is 6.17. The highest BCUT2D eigenvalue weighted by atomic mass is 35.5. The van der Waals surface area contributed by atoms with E-state index in [1.807, 2.05) is 13.0 Å². The number of benzene rings is 1. The summed E-state index contributed by atoms with van der Waals surface area (Å²) in [7, 11) is 0. The van der Waals surface area contributed by atoms with Gasteiger partial charge in [0.05, 0.1) is 0 Å². The van der Waals surface area contributed by atoms with Crippen molar-refractivity contribution in [2.45, 2.75) is 26.8 Å². The number of hydrogen-bond acceptors (Lipinski definition) is 1. The molecule has 0 N–H and O–H groups in total. The lowest BCUT2D eigenvalue weighted by atomic mass is 10.1. The SMILES string of the molecule is CCN(CCCCl)Cc1ccc(F)cc1C. The van der Waals surface area contributed by atoms with Crippen LogP contribution in [0, 0.1) is 12.7 Å². The maximum absolute atomic E-state index is 12.9. The van der Waals surface area contributed by atoms with Crippen molar-refractivity contribution >= 4 is 11.6 Å². The van der Waals surface area contributed by atoms with E-state index in [-0.39, 0.29) is 5.82 Å². The molecule has 0 unspecified atom stereocenters. The zero-order chi connectivity index (χ0) is 12.0. The molecule has 0 saturated heterocycles. The topological polar surface area (TPSA) is 3.24 Å². The van der Waals surface area contributed by atoms with Crippen molar-refractivity contribution in [3.63, 3.8) is 0 Å². The van der Waals surface area contributed by atoms with Crippen LogP contribution in [0.5, 0.6) is 0 Å². The van der Waals surface area contributed by atoms with E-state index in [0.29, 0.717) is 5.88 Å². The van der Waals surface area contributed by atoms with Gasteiger partial charge in [0.15, 0.2) is 0 Å². The summed E-state index contributed by atoms with van der Waals surface area (Å²) in [6.07, 6.45) is 0.996. The average Bonchev–Trinajstić information content (AvgIpc) is 2.27. The van der Waals surface area contributed by atoms with Gasteiger partial charge in [0.25, 0.3) is 0 Å². The van der Waals surface area contributed by atoms with Crippen LogP contribution in [0.25, 0.3) is 0 Å². The fourth-order valence-electron chi connectivity index (χ4n) is 1.71. The monoisotopic (exact) mass is 243 g/mol. The summed E-state index contributed by atoms with van der Waals surface area (Å²) in [4.78, 5) is 2.32. The van der Waals surface area contributed by atoms with Crippen molar-refractivity contribution in [1.29, 1.82) is 0 Å². The number of alkyl halides is 1. The molecule has 0 bridgehead atoms. The molecule has 0 aliphatic heterocycles. The molecule has 16 heavy (non-hydrogen) atoms. The minimum Gasteiger partial charge on any atom is -0.299 e. The first-order chi connectivity index (χ1) is 7.67. The fraction of sp³-hybridized carbons (Fsp3) is 0.538. The van der Waals surface area contributed by atoms with Crippen molar-refractivity contribution in [3.8, 4) is 0 Å². The van der Waals surface area contributed by atoms with Crippen molar-refractivity contribution in [1.82, 2.24) is 4.90 Å². The lowest BCUT2D eigenvalue weighted by Crippen LogP contribution is -2.24. The third-order valence-electron chi connectivity index (χ3n) is 2.75. The summed E-state index contributed by atoms with van der Waals surface area (Å²) in [5.41, 5.74) is 2.21. The molecule has 1 aromatic rings. The van der Waals surface area contributed by atoms with E-state index < -0.39 is 0 Å². The van der Waals surface area contributed by atoms with Crippen molar-refractivity contribution < 1.29 is 4.39 Å². The standard InChI is InChI=1S/C13H19ClFN/c1-3-16(8-4-7-14)10-12-5-6-13(15)9-11(12)2/h5-6,9H,3-4,7-8,10H2,1-2H3. The largest absolute Gasteiger partial charge is 0.299 e. The molecule has 1 aromatic carbocycles. The summed E-state index contributed by atoms with van der Waals surface area (Å²) >= 11 is 5.68. The molecule has 0 amide bonds. The summed E-state index contributed by atoms with van der Waals surface area (Å²) in [6.45, 7) is 6.95. The van der Waals surface area contributed by atoms with Crippen LogP contribution in [-0.2, 0) is 6.54 Å². The Bertz CT molecular complexity index is 328. The van der Waals surface area contributed by atoms with Crippen LogP contribution in [0.4, 0.5) is 4.39 Å². The minimum atomic E-state index is -0.162. The van der Waals surface area contributed by atoms with E-state index in [4.69, 9.17) is 11.6 Å². The maximum atomic E-state index is 12.9. The van der Waals surface area contributed by atoms with E-state index in [0.717, 1.165) is 31.6 Å². The van der Waals surface area contributed by atoms with Gasteiger partial charge >= 0.3 is 0 Å².